The van der Waals surface area contributed by atoms with Crippen LogP contribution in [-0.4, -0.2) is 24.3 Å². The van der Waals surface area contributed by atoms with Crippen LogP contribution in [0.2, 0.25) is 0 Å². The number of hydrogen-bond acceptors (Lipinski definition) is 2. The van der Waals surface area contributed by atoms with Gasteiger partial charge in [-0.2, -0.15) is 0 Å². The predicted octanol–water partition coefficient (Wildman–Crippen LogP) is 1.65. The summed E-state index contributed by atoms with van der Waals surface area (Å²) in [5.74, 6) is 0. The average Bonchev–Trinajstić information content (AvgIpc) is 2.17. The zero-order chi connectivity index (χ0) is 9.26. The topological polar surface area (TPSA) is 23.5 Å². The van der Waals surface area contributed by atoms with Crippen LogP contribution in [0.25, 0.3) is 0 Å². The summed E-state index contributed by atoms with van der Waals surface area (Å²) in [6.07, 6.45) is 1.92. The van der Waals surface area contributed by atoms with E-state index >= 15 is 0 Å². The van der Waals surface area contributed by atoms with Gasteiger partial charge in [0.2, 0.25) is 0 Å². The SMILES string of the molecule is CN(c1ccccc1)[C@H]1CC[C@H]1O. The molecule has 2 atom stereocenters. The highest BCUT2D eigenvalue weighted by atomic mass is 16.3. The number of nitrogens with zero attached hydrogens (tertiary/aromatic N) is 1. The first-order valence-electron chi connectivity index (χ1n) is 4.75. The number of likely N-dealkylation sites (N-methyl/N-ethyl adjacent to an activating group) is 1. The van der Waals surface area contributed by atoms with E-state index in [0.29, 0.717) is 6.04 Å². The van der Waals surface area contributed by atoms with Gasteiger partial charge in [-0.05, 0) is 25.0 Å². The normalized spacial score (nSPS) is 26.6. The van der Waals surface area contributed by atoms with Gasteiger partial charge in [0.25, 0.3) is 0 Å². The van der Waals surface area contributed by atoms with Crippen molar-refractivity contribution < 1.29 is 5.11 Å². The van der Waals surface area contributed by atoms with Crippen molar-refractivity contribution in [3.05, 3.63) is 30.3 Å². The monoisotopic (exact) mass is 177 g/mol. The molecule has 0 spiro atoms. The lowest BCUT2D eigenvalue weighted by Gasteiger charge is -2.40. The van der Waals surface area contributed by atoms with Crippen LogP contribution in [-0.2, 0) is 0 Å². The van der Waals surface area contributed by atoms with E-state index in [-0.39, 0.29) is 6.10 Å². The summed E-state index contributed by atoms with van der Waals surface area (Å²) >= 11 is 0. The van der Waals surface area contributed by atoms with E-state index in [9.17, 15) is 5.11 Å². The number of rotatable bonds is 2. The highest BCUT2D eigenvalue weighted by Gasteiger charge is 2.32. The van der Waals surface area contributed by atoms with Gasteiger partial charge in [-0.25, -0.2) is 0 Å². The standard InChI is InChI=1S/C11H15NO/c1-12(10-7-8-11(10)13)9-5-3-2-4-6-9/h2-6,10-11,13H,7-8H2,1H3/t10-,11+/m0/s1. The van der Waals surface area contributed by atoms with Crippen molar-refractivity contribution in [2.45, 2.75) is 25.0 Å². The fraction of sp³-hybridized carbons (Fsp3) is 0.455. The predicted molar refractivity (Wildman–Crippen MR) is 53.9 cm³/mol. The maximum Gasteiger partial charge on any atom is 0.0744 e. The van der Waals surface area contributed by atoms with Crippen LogP contribution in [0.3, 0.4) is 0 Å². The number of para-hydroxylation sites is 1. The molecule has 70 valence electrons. The second-order valence-corrected chi connectivity index (χ2v) is 3.66. The van der Waals surface area contributed by atoms with Crippen LogP contribution in [0.5, 0.6) is 0 Å². The number of aliphatic hydroxyl groups excluding tert-OH is 1. The number of benzene rings is 1. The third kappa shape index (κ3) is 1.54. The molecule has 1 aromatic rings. The van der Waals surface area contributed by atoms with Gasteiger partial charge in [0.15, 0.2) is 0 Å². The van der Waals surface area contributed by atoms with Gasteiger partial charge in [-0.1, -0.05) is 18.2 Å². The molecule has 1 aliphatic rings. The number of anilines is 1. The molecule has 2 nitrogen and oxygen atoms in total. The first-order chi connectivity index (χ1) is 6.29. The first-order valence-corrected chi connectivity index (χ1v) is 4.75. The molecular formula is C11H15NO. The van der Waals surface area contributed by atoms with Crippen molar-refractivity contribution in [2.24, 2.45) is 0 Å². The molecule has 0 saturated heterocycles. The first kappa shape index (κ1) is 8.57. The Morgan fingerprint density at radius 1 is 1.23 bits per heavy atom. The third-order valence-corrected chi connectivity index (χ3v) is 2.86. The highest BCUT2D eigenvalue weighted by molar-refractivity contribution is 5.46. The zero-order valence-corrected chi connectivity index (χ0v) is 7.85. The minimum absolute atomic E-state index is 0.134. The van der Waals surface area contributed by atoms with Crippen molar-refractivity contribution in [2.75, 3.05) is 11.9 Å². The molecule has 0 heterocycles. The van der Waals surface area contributed by atoms with E-state index in [1.807, 2.05) is 25.2 Å². The Balaban J connectivity index is 2.09. The van der Waals surface area contributed by atoms with Crippen LogP contribution in [0.4, 0.5) is 5.69 Å². The van der Waals surface area contributed by atoms with Crippen molar-refractivity contribution >= 4 is 5.69 Å². The van der Waals surface area contributed by atoms with Crippen LogP contribution < -0.4 is 4.90 Å². The molecular weight excluding hydrogens is 162 g/mol. The quantitative estimate of drug-likeness (QED) is 0.742. The van der Waals surface area contributed by atoms with Gasteiger partial charge in [0.1, 0.15) is 0 Å². The number of aliphatic hydroxyl groups is 1. The van der Waals surface area contributed by atoms with Crippen LogP contribution >= 0.6 is 0 Å². The summed E-state index contributed by atoms with van der Waals surface area (Å²) in [6, 6.07) is 10.5. The van der Waals surface area contributed by atoms with Crippen molar-refractivity contribution in [1.29, 1.82) is 0 Å². The fourth-order valence-corrected chi connectivity index (χ4v) is 1.77. The van der Waals surface area contributed by atoms with Gasteiger partial charge < -0.3 is 10.0 Å². The van der Waals surface area contributed by atoms with Crippen molar-refractivity contribution in [1.82, 2.24) is 0 Å². The molecule has 1 N–H and O–H groups in total. The Bertz CT molecular complexity index is 273. The molecule has 1 saturated carbocycles. The summed E-state index contributed by atoms with van der Waals surface area (Å²) in [5.41, 5.74) is 1.19. The van der Waals surface area contributed by atoms with Crippen LogP contribution in [0.15, 0.2) is 30.3 Å². The minimum Gasteiger partial charge on any atom is -0.391 e. The van der Waals surface area contributed by atoms with E-state index in [1.54, 1.807) is 0 Å². The minimum atomic E-state index is -0.134. The Morgan fingerprint density at radius 3 is 2.38 bits per heavy atom. The molecule has 2 heteroatoms. The van der Waals surface area contributed by atoms with Crippen LogP contribution in [0.1, 0.15) is 12.8 Å². The van der Waals surface area contributed by atoms with Gasteiger partial charge >= 0.3 is 0 Å². The Hall–Kier alpha value is -1.02. The van der Waals surface area contributed by atoms with E-state index < -0.39 is 0 Å². The molecule has 0 aliphatic heterocycles. The largest absolute Gasteiger partial charge is 0.391 e. The fourth-order valence-electron chi connectivity index (χ4n) is 1.77. The maximum absolute atomic E-state index is 9.50. The van der Waals surface area contributed by atoms with Gasteiger partial charge in [0, 0.05) is 12.7 Å². The lowest BCUT2D eigenvalue weighted by Crippen LogP contribution is -2.48. The summed E-state index contributed by atoms with van der Waals surface area (Å²) in [6.45, 7) is 0. The van der Waals surface area contributed by atoms with E-state index in [0.717, 1.165) is 12.8 Å². The molecule has 1 aromatic carbocycles. The Morgan fingerprint density at radius 2 is 1.92 bits per heavy atom. The summed E-state index contributed by atoms with van der Waals surface area (Å²) in [7, 11) is 2.04. The molecule has 0 radical (unpaired) electrons. The van der Waals surface area contributed by atoms with Crippen molar-refractivity contribution in [3.8, 4) is 0 Å². The molecule has 1 aliphatic carbocycles. The molecule has 0 bridgehead atoms. The average molecular weight is 177 g/mol. The van der Waals surface area contributed by atoms with Gasteiger partial charge in [-0.3, -0.25) is 0 Å². The van der Waals surface area contributed by atoms with Gasteiger partial charge in [-0.15, -0.1) is 0 Å². The Labute approximate surface area is 78.8 Å². The highest BCUT2D eigenvalue weighted by Crippen LogP contribution is 2.28. The van der Waals surface area contributed by atoms with E-state index in [4.69, 9.17) is 0 Å². The summed E-state index contributed by atoms with van der Waals surface area (Å²) in [4.78, 5) is 2.16. The number of hydrogen-bond donors (Lipinski definition) is 1. The van der Waals surface area contributed by atoms with Gasteiger partial charge in [0.05, 0.1) is 12.1 Å². The molecule has 13 heavy (non-hydrogen) atoms. The maximum atomic E-state index is 9.50. The molecule has 0 aromatic heterocycles. The molecule has 0 amide bonds. The third-order valence-electron chi connectivity index (χ3n) is 2.86. The van der Waals surface area contributed by atoms with E-state index in [2.05, 4.69) is 17.0 Å². The summed E-state index contributed by atoms with van der Waals surface area (Å²) < 4.78 is 0. The lowest BCUT2D eigenvalue weighted by molar-refractivity contribution is 0.0668. The smallest absolute Gasteiger partial charge is 0.0744 e. The van der Waals surface area contributed by atoms with Crippen molar-refractivity contribution in [3.63, 3.8) is 0 Å². The second kappa shape index (κ2) is 3.38. The van der Waals surface area contributed by atoms with Crippen LogP contribution in [0, 0.1) is 0 Å². The van der Waals surface area contributed by atoms with E-state index in [1.165, 1.54) is 5.69 Å². The second-order valence-electron chi connectivity index (χ2n) is 3.66. The Kier molecular flexibility index (Phi) is 2.23. The zero-order valence-electron chi connectivity index (χ0n) is 7.85. The lowest BCUT2D eigenvalue weighted by atomic mass is 9.88. The summed E-state index contributed by atoms with van der Waals surface area (Å²) in [5, 5.41) is 9.50. The molecule has 0 unspecified atom stereocenters. The molecule has 2 rings (SSSR count). The molecule has 1 fully saturated rings.